The monoisotopic (exact) mass is 326 g/mol. The van der Waals surface area contributed by atoms with E-state index < -0.39 is 0 Å². The Labute approximate surface area is 152 Å². The van der Waals surface area contributed by atoms with Crippen LogP contribution in [0.4, 0.5) is 0 Å². The van der Waals surface area contributed by atoms with Crippen molar-refractivity contribution in [2.75, 3.05) is 0 Å². The minimum atomic E-state index is 0. The molecule has 0 aromatic carbocycles. The van der Waals surface area contributed by atoms with Crippen LogP contribution in [0.1, 0.15) is 5.71 Å². The number of hydrogen-bond acceptors (Lipinski definition) is 0. The normalized spacial score (nSPS) is 0. The number of rotatable bonds is 0. The first-order valence-electron chi connectivity index (χ1n) is 0. The van der Waals surface area contributed by atoms with Crippen LogP contribution in [0.25, 0.3) is 0 Å². The molecule has 0 fully saturated rings. The summed E-state index contributed by atoms with van der Waals surface area (Å²) in [5, 5.41) is 0. The third kappa shape index (κ3) is 46.1. The van der Waals surface area contributed by atoms with Crippen LogP contribution in [0.2, 0.25) is 0 Å². The van der Waals surface area contributed by atoms with Gasteiger partial charge in [0.2, 0.25) is 0 Å². The van der Waals surface area contributed by atoms with Gasteiger partial charge in [0.05, 0.1) is 0 Å². The minimum absolute atomic E-state index is 0. The second kappa shape index (κ2) is 61.5. The van der Waals surface area contributed by atoms with E-state index in [1.54, 1.807) is 0 Å². The predicted octanol–water partition coefficient (Wildman–Crippen LogP) is -7.14. The molecule has 8 heteroatoms. The van der Waals surface area contributed by atoms with Gasteiger partial charge >= 0.3 is 60.8 Å². The van der Waals surface area contributed by atoms with E-state index in [1.165, 1.54) is 0 Å². The fourth-order valence-corrected chi connectivity index (χ4v) is 0. The zero-order valence-corrected chi connectivity index (χ0v) is 12.0. The van der Waals surface area contributed by atoms with Crippen LogP contribution in [0, 0.1) is 0 Å². The topological polar surface area (TPSA) is 0 Å². The van der Waals surface area contributed by atoms with Crippen molar-refractivity contribution in [1.29, 1.82) is 0 Å². The van der Waals surface area contributed by atoms with Crippen LogP contribution in [-0.4, -0.2) is 57.8 Å². The van der Waals surface area contributed by atoms with Gasteiger partial charge in [-0.15, -0.1) is 34.0 Å². The Bertz CT molecular complexity index is 29.0. The van der Waals surface area contributed by atoms with Crippen LogP contribution < -0.4 is 37.7 Å². The fourth-order valence-electron chi connectivity index (χ4n) is 0. The summed E-state index contributed by atoms with van der Waals surface area (Å²) in [4.78, 5) is 0. The Morgan fingerprint density at radius 3 is 0.750 bits per heavy atom. The van der Waals surface area contributed by atoms with Crippen LogP contribution in [0.15, 0.2) is 0 Å². The molecular weight excluding hydrogens is 317 g/mol. The standard InChI is InChI=1S/2Al.2BrH.2Li.Mg.Zn.10H/h;;2*1H;;;;;;;;;;;;;;/q;;;;2*+1;+2;;;;;;;;4*-1. The van der Waals surface area contributed by atoms with Crippen LogP contribution >= 0.6 is 34.0 Å². The van der Waals surface area contributed by atoms with Gasteiger partial charge in [0.1, 0.15) is 0 Å². The van der Waals surface area contributed by atoms with E-state index in [0.29, 0.717) is 0 Å². The van der Waals surface area contributed by atoms with Gasteiger partial charge < -0.3 is 5.71 Å². The first-order chi connectivity index (χ1) is 0. The molecule has 0 heterocycles. The molecule has 0 aromatic rings. The summed E-state index contributed by atoms with van der Waals surface area (Å²) >= 11 is 0. The summed E-state index contributed by atoms with van der Waals surface area (Å²) in [6.07, 6.45) is 0. The summed E-state index contributed by atoms with van der Waals surface area (Å²) < 4.78 is 0. The van der Waals surface area contributed by atoms with Crippen molar-refractivity contribution in [1.82, 2.24) is 0 Å². The van der Waals surface area contributed by atoms with Crippen molar-refractivity contribution in [3.05, 3.63) is 0 Å². The zero-order chi connectivity index (χ0) is 0. The van der Waals surface area contributed by atoms with Gasteiger partial charge in [-0.05, 0) is 0 Å². The molecule has 0 aliphatic heterocycles. The quantitative estimate of drug-likeness (QED) is 0.388. The van der Waals surface area contributed by atoms with E-state index in [2.05, 4.69) is 0 Å². The molecule has 0 aliphatic rings. The molecule has 8 heavy (non-hydrogen) atoms. The number of halogens is 2. The van der Waals surface area contributed by atoms with Crippen molar-refractivity contribution in [2.24, 2.45) is 0 Å². The van der Waals surface area contributed by atoms with Gasteiger partial charge in [-0.3, -0.25) is 0 Å². The average Bonchev–Trinajstić information content (AvgIpc) is 0. The molecule has 0 bridgehead atoms. The molecular formula is H12Al2Br2Li2MgZn. The molecule has 0 spiro atoms. The smallest absolute Gasteiger partial charge is 1.00 e. The molecule has 0 radical (unpaired) electrons. The maximum absolute atomic E-state index is 0. The van der Waals surface area contributed by atoms with Gasteiger partial charge in [-0.2, -0.15) is 0 Å². The van der Waals surface area contributed by atoms with Gasteiger partial charge in [0, 0.05) is 19.5 Å². The van der Waals surface area contributed by atoms with E-state index >= 15 is 0 Å². The molecule has 0 atom stereocenters. The van der Waals surface area contributed by atoms with E-state index in [4.69, 9.17) is 0 Å². The van der Waals surface area contributed by atoms with Crippen LogP contribution in [0.5, 0.6) is 0 Å². The SMILES string of the molecule is Br.Br.[AlH3].[AlH3].[H-].[H-].[H-].[H-].[Li+].[Li+].[Mg+2].[Zn]. The summed E-state index contributed by atoms with van der Waals surface area (Å²) in [6, 6.07) is 0. The van der Waals surface area contributed by atoms with E-state index in [0.717, 1.165) is 0 Å². The van der Waals surface area contributed by atoms with Crippen molar-refractivity contribution >= 4 is 91.7 Å². The minimum Gasteiger partial charge on any atom is -1.00 e. The molecule has 38 valence electrons. The molecule has 0 amide bonds. The Kier molecular flexibility index (Phi) is 615. The molecule has 0 aliphatic carbocycles. The molecule has 0 saturated carbocycles. The Hall–Kier alpha value is 4.61. The van der Waals surface area contributed by atoms with Crippen LogP contribution in [0.3, 0.4) is 0 Å². The summed E-state index contributed by atoms with van der Waals surface area (Å²) in [7, 11) is 0. The summed E-state index contributed by atoms with van der Waals surface area (Å²) in [6.45, 7) is 0. The third-order valence-electron chi connectivity index (χ3n) is 0. The van der Waals surface area contributed by atoms with Crippen molar-refractivity contribution < 1.29 is 62.9 Å². The van der Waals surface area contributed by atoms with Gasteiger partial charge in [-0.1, -0.05) is 0 Å². The summed E-state index contributed by atoms with van der Waals surface area (Å²) in [5.41, 5.74) is 0. The Morgan fingerprint density at radius 1 is 0.750 bits per heavy atom. The first-order valence-corrected chi connectivity index (χ1v) is 0. The molecule has 0 nitrogen and oxygen atoms in total. The average molecular weight is 329 g/mol. The molecule has 0 saturated heterocycles. The maximum Gasteiger partial charge on any atom is 2.00 e. The van der Waals surface area contributed by atoms with E-state index in [9.17, 15) is 0 Å². The first kappa shape index (κ1) is 80.0. The van der Waals surface area contributed by atoms with Crippen LogP contribution in [-0.2, 0) is 19.5 Å². The predicted molar refractivity (Wildman–Crippen MR) is 50.7 cm³/mol. The van der Waals surface area contributed by atoms with Gasteiger partial charge in [-0.25, -0.2) is 0 Å². The van der Waals surface area contributed by atoms with E-state index in [-0.39, 0.29) is 155 Å². The Balaban J connectivity index is 0. The van der Waals surface area contributed by atoms with Crippen molar-refractivity contribution in [3.8, 4) is 0 Å². The van der Waals surface area contributed by atoms with E-state index in [1.807, 2.05) is 0 Å². The van der Waals surface area contributed by atoms with Crippen molar-refractivity contribution in [3.63, 3.8) is 0 Å². The molecule has 0 N–H and O–H groups in total. The summed E-state index contributed by atoms with van der Waals surface area (Å²) in [5.74, 6) is 0. The van der Waals surface area contributed by atoms with Crippen molar-refractivity contribution in [2.45, 2.75) is 0 Å². The zero-order valence-electron chi connectivity index (χ0n) is 8.23. The van der Waals surface area contributed by atoms with Gasteiger partial charge in [0.15, 0.2) is 34.7 Å². The number of hydrogen-bond donors (Lipinski definition) is 0. The third-order valence-corrected chi connectivity index (χ3v) is 0. The molecule has 0 aromatic heterocycles. The Morgan fingerprint density at radius 2 is 0.750 bits per heavy atom. The maximum atomic E-state index is 0. The second-order valence-corrected chi connectivity index (χ2v) is 0. The molecule has 0 unspecified atom stereocenters. The molecule has 0 rings (SSSR count). The largest absolute Gasteiger partial charge is 2.00 e. The van der Waals surface area contributed by atoms with Gasteiger partial charge in [0.25, 0.3) is 0 Å². The second-order valence-electron chi connectivity index (χ2n) is 0. The fraction of sp³-hybridized carbons (Fsp3) is 0.